The standard InChI is InChI=1S/C14H16F3NO2/c1-2-20-14(19)13(18-7-8-3-4-8)9-5-10(15)12(17)11(16)6-9/h5-6,8,13,18H,2-4,7H2,1H3. The van der Waals surface area contributed by atoms with E-state index in [1.165, 1.54) is 0 Å². The van der Waals surface area contributed by atoms with E-state index in [0.717, 1.165) is 25.0 Å². The first-order valence-electron chi connectivity index (χ1n) is 6.57. The summed E-state index contributed by atoms with van der Waals surface area (Å²) in [5, 5.41) is 2.93. The maximum absolute atomic E-state index is 13.3. The Hall–Kier alpha value is -1.56. The molecular formula is C14H16F3NO2. The number of rotatable bonds is 6. The molecule has 1 atom stereocenters. The molecule has 0 aliphatic heterocycles. The zero-order chi connectivity index (χ0) is 14.7. The van der Waals surface area contributed by atoms with Gasteiger partial charge in [0.05, 0.1) is 6.61 Å². The molecule has 6 heteroatoms. The van der Waals surface area contributed by atoms with Crippen LogP contribution in [-0.2, 0) is 9.53 Å². The second-order valence-corrected chi connectivity index (χ2v) is 4.84. The lowest BCUT2D eigenvalue weighted by Crippen LogP contribution is -2.32. The smallest absolute Gasteiger partial charge is 0.327 e. The van der Waals surface area contributed by atoms with Crippen LogP contribution in [0, 0.1) is 23.4 Å². The third-order valence-electron chi connectivity index (χ3n) is 3.17. The highest BCUT2D eigenvalue weighted by molar-refractivity contribution is 5.77. The van der Waals surface area contributed by atoms with Crippen molar-refractivity contribution in [1.82, 2.24) is 5.32 Å². The molecule has 110 valence electrons. The molecule has 1 unspecified atom stereocenters. The fourth-order valence-corrected chi connectivity index (χ4v) is 1.91. The molecule has 0 saturated heterocycles. The predicted octanol–water partition coefficient (Wildman–Crippen LogP) is 2.71. The molecular weight excluding hydrogens is 271 g/mol. The first kappa shape index (κ1) is 14.8. The van der Waals surface area contributed by atoms with Crippen molar-refractivity contribution < 1.29 is 22.7 Å². The average molecular weight is 287 g/mol. The van der Waals surface area contributed by atoms with Crippen LogP contribution in [0.15, 0.2) is 12.1 Å². The molecule has 0 heterocycles. The Bertz CT molecular complexity index is 480. The zero-order valence-corrected chi connectivity index (χ0v) is 11.1. The summed E-state index contributed by atoms with van der Waals surface area (Å²) in [6, 6.07) is 0.653. The normalized spacial score (nSPS) is 16.0. The minimum absolute atomic E-state index is 0.0282. The highest BCUT2D eigenvalue weighted by Gasteiger charge is 2.28. The van der Waals surface area contributed by atoms with Crippen LogP contribution < -0.4 is 5.32 Å². The summed E-state index contributed by atoms with van der Waals surface area (Å²) in [5.74, 6) is -4.33. The van der Waals surface area contributed by atoms with E-state index in [1.807, 2.05) is 0 Å². The lowest BCUT2D eigenvalue weighted by molar-refractivity contribution is -0.145. The van der Waals surface area contributed by atoms with Gasteiger partial charge in [-0.15, -0.1) is 0 Å². The fraction of sp³-hybridized carbons (Fsp3) is 0.500. The molecule has 0 radical (unpaired) electrons. The van der Waals surface area contributed by atoms with Crippen molar-refractivity contribution in [3.05, 3.63) is 35.1 Å². The van der Waals surface area contributed by atoms with E-state index in [4.69, 9.17) is 4.74 Å². The Morgan fingerprint density at radius 2 is 1.95 bits per heavy atom. The maximum atomic E-state index is 13.3. The molecule has 20 heavy (non-hydrogen) atoms. The van der Waals surface area contributed by atoms with Gasteiger partial charge in [0.1, 0.15) is 6.04 Å². The summed E-state index contributed by atoms with van der Waals surface area (Å²) >= 11 is 0. The van der Waals surface area contributed by atoms with Crippen LogP contribution in [0.25, 0.3) is 0 Å². The largest absolute Gasteiger partial charge is 0.465 e. The highest BCUT2D eigenvalue weighted by Crippen LogP contribution is 2.29. The average Bonchev–Trinajstić information content (AvgIpc) is 3.20. The zero-order valence-electron chi connectivity index (χ0n) is 11.1. The van der Waals surface area contributed by atoms with Crippen LogP contribution in [-0.4, -0.2) is 19.1 Å². The third-order valence-corrected chi connectivity index (χ3v) is 3.17. The lowest BCUT2D eigenvalue weighted by Gasteiger charge is -2.18. The minimum Gasteiger partial charge on any atom is -0.465 e. The van der Waals surface area contributed by atoms with Crippen LogP contribution in [0.3, 0.4) is 0 Å². The number of carbonyl (C=O) groups is 1. The van der Waals surface area contributed by atoms with E-state index < -0.39 is 29.5 Å². The van der Waals surface area contributed by atoms with Crippen LogP contribution in [0.4, 0.5) is 13.2 Å². The van der Waals surface area contributed by atoms with Gasteiger partial charge in [-0.2, -0.15) is 0 Å². The van der Waals surface area contributed by atoms with Crippen molar-refractivity contribution >= 4 is 5.97 Å². The van der Waals surface area contributed by atoms with Crippen LogP contribution in [0.5, 0.6) is 0 Å². The first-order valence-corrected chi connectivity index (χ1v) is 6.57. The van der Waals surface area contributed by atoms with Crippen molar-refractivity contribution in [2.75, 3.05) is 13.2 Å². The van der Waals surface area contributed by atoms with Gasteiger partial charge in [0.15, 0.2) is 17.5 Å². The van der Waals surface area contributed by atoms with Gasteiger partial charge < -0.3 is 10.1 Å². The summed E-state index contributed by atoms with van der Waals surface area (Å²) in [4.78, 5) is 11.9. The fourth-order valence-electron chi connectivity index (χ4n) is 1.91. The summed E-state index contributed by atoms with van der Waals surface area (Å²) in [7, 11) is 0. The van der Waals surface area contributed by atoms with Gasteiger partial charge in [-0.1, -0.05) is 0 Å². The van der Waals surface area contributed by atoms with Gasteiger partial charge in [0.2, 0.25) is 0 Å². The van der Waals surface area contributed by atoms with Gasteiger partial charge in [-0.25, -0.2) is 18.0 Å². The molecule has 0 spiro atoms. The Morgan fingerprint density at radius 3 is 2.45 bits per heavy atom. The predicted molar refractivity (Wildman–Crippen MR) is 66.4 cm³/mol. The molecule has 2 rings (SSSR count). The molecule has 1 saturated carbocycles. The number of hydrogen-bond acceptors (Lipinski definition) is 3. The van der Waals surface area contributed by atoms with Gasteiger partial charge in [-0.3, -0.25) is 0 Å². The van der Waals surface area contributed by atoms with Gasteiger partial charge in [0, 0.05) is 0 Å². The number of esters is 1. The SMILES string of the molecule is CCOC(=O)C(NCC1CC1)c1cc(F)c(F)c(F)c1. The summed E-state index contributed by atoms with van der Waals surface area (Å²) in [6.07, 6.45) is 2.13. The molecule has 0 amide bonds. The number of ether oxygens (including phenoxy) is 1. The number of halogens is 3. The summed E-state index contributed by atoms with van der Waals surface area (Å²) < 4.78 is 44.4. The topological polar surface area (TPSA) is 38.3 Å². The van der Waals surface area contributed by atoms with Gasteiger partial charge >= 0.3 is 5.97 Å². The molecule has 1 aromatic carbocycles. The molecule has 1 N–H and O–H groups in total. The number of benzene rings is 1. The molecule has 3 nitrogen and oxygen atoms in total. The third kappa shape index (κ3) is 3.50. The van der Waals surface area contributed by atoms with E-state index in [2.05, 4.69) is 5.32 Å². The van der Waals surface area contributed by atoms with E-state index in [9.17, 15) is 18.0 Å². The molecule has 1 aliphatic rings. The Morgan fingerprint density at radius 1 is 1.35 bits per heavy atom. The van der Waals surface area contributed by atoms with Crippen molar-refractivity contribution in [1.29, 1.82) is 0 Å². The number of hydrogen-bond donors (Lipinski definition) is 1. The van der Waals surface area contributed by atoms with Gasteiger partial charge in [-0.05, 0) is 49.9 Å². The maximum Gasteiger partial charge on any atom is 0.327 e. The molecule has 1 aliphatic carbocycles. The Kier molecular flexibility index (Phi) is 4.65. The molecule has 0 bridgehead atoms. The molecule has 1 fully saturated rings. The van der Waals surface area contributed by atoms with Crippen molar-refractivity contribution in [2.45, 2.75) is 25.8 Å². The molecule has 0 aromatic heterocycles. The second-order valence-electron chi connectivity index (χ2n) is 4.84. The Labute approximate surface area is 115 Å². The van der Waals surface area contributed by atoms with E-state index in [0.29, 0.717) is 12.5 Å². The number of carbonyl (C=O) groups excluding carboxylic acids is 1. The van der Waals surface area contributed by atoms with Gasteiger partial charge in [0.25, 0.3) is 0 Å². The Balaban J connectivity index is 2.21. The summed E-state index contributed by atoms with van der Waals surface area (Å²) in [5.41, 5.74) is 0.0282. The minimum atomic E-state index is -1.54. The van der Waals surface area contributed by atoms with Crippen molar-refractivity contribution in [3.8, 4) is 0 Å². The van der Waals surface area contributed by atoms with Crippen LogP contribution >= 0.6 is 0 Å². The lowest BCUT2D eigenvalue weighted by atomic mass is 10.1. The summed E-state index contributed by atoms with van der Waals surface area (Å²) in [6.45, 7) is 2.36. The number of nitrogens with one attached hydrogen (secondary N) is 1. The monoisotopic (exact) mass is 287 g/mol. The van der Waals surface area contributed by atoms with E-state index in [1.54, 1.807) is 6.92 Å². The highest BCUT2D eigenvalue weighted by atomic mass is 19.2. The van der Waals surface area contributed by atoms with E-state index in [-0.39, 0.29) is 12.2 Å². The van der Waals surface area contributed by atoms with Crippen molar-refractivity contribution in [2.24, 2.45) is 5.92 Å². The first-order chi connectivity index (χ1) is 9.52. The van der Waals surface area contributed by atoms with Crippen LogP contribution in [0.2, 0.25) is 0 Å². The van der Waals surface area contributed by atoms with E-state index >= 15 is 0 Å². The quantitative estimate of drug-likeness (QED) is 0.646. The van der Waals surface area contributed by atoms with Crippen molar-refractivity contribution in [3.63, 3.8) is 0 Å². The van der Waals surface area contributed by atoms with Crippen LogP contribution in [0.1, 0.15) is 31.4 Å². The molecule has 1 aromatic rings. The second kappa shape index (κ2) is 6.26.